The van der Waals surface area contributed by atoms with Gasteiger partial charge in [0.05, 0.1) is 0 Å². The Morgan fingerprint density at radius 3 is 2.33 bits per heavy atom. The molecule has 0 radical (unpaired) electrons. The van der Waals surface area contributed by atoms with Crippen LogP contribution in [0.25, 0.3) is 0 Å². The third-order valence-corrected chi connectivity index (χ3v) is 2.70. The first-order valence-electron chi connectivity index (χ1n) is 4.96. The molecule has 1 aliphatic rings. The van der Waals surface area contributed by atoms with Crippen LogP contribution in [0.4, 0.5) is 8.78 Å². The Balaban J connectivity index is 2.02. The van der Waals surface area contributed by atoms with Gasteiger partial charge in [-0.1, -0.05) is 32.1 Å². The fraction of sp³-hybridized carbons (Fsp3) is 1.00. The molecule has 2 heteroatoms. The van der Waals surface area contributed by atoms with Crippen molar-refractivity contribution in [2.24, 2.45) is 5.92 Å². The first kappa shape index (κ1) is 9.94. The zero-order valence-electron chi connectivity index (χ0n) is 7.78. The maximum atomic E-state index is 12.4. The third kappa shape index (κ3) is 4.03. The van der Waals surface area contributed by atoms with Crippen molar-refractivity contribution in [3.63, 3.8) is 0 Å². The van der Waals surface area contributed by atoms with Crippen molar-refractivity contribution in [1.82, 2.24) is 0 Å². The van der Waals surface area contributed by atoms with E-state index in [2.05, 4.69) is 0 Å². The Kier molecular flexibility index (Phi) is 3.48. The van der Waals surface area contributed by atoms with Gasteiger partial charge in [0.1, 0.15) is 0 Å². The predicted molar refractivity (Wildman–Crippen MR) is 46.4 cm³/mol. The number of alkyl halides is 2. The summed E-state index contributed by atoms with van der Waals surface area (Å²) in [6.07, 6.45) is 6.96. The van der Waals surface area contributed by atoms with Gasteiger partial charge in [-0.25, -0.2) is 8.78 Å². The van der Waals surface area contributed by atoms with E-state index >= 15 is 0 Å². The van der Waals surface area contributed by atoms with Gasteiger partial charge in [-0.15, -0.1) is 0 Å². The maximum absolute atomic E-state index is 12.4. The SMILES string of the molecule is CC(F)(F)CCCC1CCCC1. The zero-order chi connectivity index (χ0) is 9.03. The van der Waals surface area contributed by atoms with Crippen LogP contribution < -0.4 is 0 Å². The summed E-state index contributed by atoms with van der Waals surface area (Å²) in [5.41, 5.74) is 0. The van der Waals surface area contributed by atoms with Crippen molar-refractivity contribution in [2.45, 2.75) is 57.8 Å². The molecular formula is C10H18F2. The number of hydrogen-bond acceptors (Lipinski definition) is 0. The van der Waals surface area contributed by atoms with Crippen molar-refractivity contribution in [3.8, 4) is 0 Å². The molecule has 0 aromatic carbocycles. The number of halogens is 2. The van der Waals surface area contributed by atoms with Crippen LogP contribution in [0.2, 0.25) is 0 Å². The summed E-state index contributed by atoms with van der Waals surface area (Å²) in [5, 5.41) is 0. The van der Waals surface area contributed by atoms with Gasteiger partial charge in [-0.3, -0.25) is 0 Å². The van der Waals surface area contributed by atoms with Crippen molar-refractivity contribution >= 4 is 0 Å². The van der Waals surface area contributed by atoms with Gasteiger partial charge in [0.25, 0.3) is 0 Å². The topological polar surface area (TPSA) is 0 Å². The van der Waals surface area contributed by atoms with Crippen LogP contribution >= 0.6 is 0 Å². The number of hydrogen-bond donors (Lipinski definition) is 0. The molecule has 0 amide bonds. The van der Waals surface area contributed by atoms with Gasteiger partial charge >= 0.3 is 0 Å². The smallest absolute Gasteiger partial charge is 0.207 e. The van der Waals surface area contributed by atoms with E-state index in [1.165, 1.54) is 25.7 Å². The van der Waals surface area contributed by atoms with Gasteiger partial charge in [-0.05, 0) is 19.3 Å². The highest BCUT2D eigenvalue weighted by molar-refractivity contribution is 4.68. The summed E-state index contributed by atoms with van der Waals surface area (Å²) < 4.78 is 24.8. The van der Waals surface area contributed by atoms with E-state index < -0.39 is 5.92 Å². The Labute approximate surface area is 73.3 Å². The molecule has 1 fully saturated rings. The van der Waals surface area contributed by atoms with Gasteiger partial charge in [-0.2, -0.15) is 0 Å². The Bertz CT molecular complexity index is 120. The van der Waals surface area contributed by atoms with Crippen molar-refractivity contribution in [2.75, 3.05) is 0 Å². The molecule has 0 bridgehead atoms. The monoisotopic (exact) mass is 176 g/mol. The van der Waals surface area contributed by atoms with Crippen LogP contribution in [-0.4, -0.2) is 5.92 Å². The molecule has 0 saturated heterocycles. The van der Waals surface area contributed by atoms with E-state index in [4.69, 9.17) is 0 Å². The van der Waals surface area contributed by atoms with Crippen molar-refractivity contribution in [1.29, 1.82) is 0 Å². The number of rotatable bonds is 4. The van der Waals surface area contributed by atoms with E-state index in [1.54, 1.807) is 0 Å². The van der Waals surface area contributed by atoms with Crippen LogP contribution in [-0.2, 0) is 0 Å². The van der Waals surface area contributed by atoms with Crippen molar-refractivity contribution < 1.29 is 8.78 Å². The van der Waals surface area contributed by atoms with E-state index in [9.17, 15) is 8.78 Å². The maximum Gasteiger partial charge on any atom is 0.245 e. The lowest BCUT2D eigenvalue weighted by molar-refractivity contribution is 0.00948. The second-order valence-corrected chi connectivity index (χ2v) is 4.11. The zero-order valence-corrected chi connectivity index (χ0v) is 7.78. The minimum absolute atomic E-state index is 0.0729. The molecule has 1 saturated carbocycles. The second kappa shape index (κ2) is 4.20. The summed E-state index contributed by atoms with van der Waals surface area (Å²) in [4.78, 5) is 0. The predicted octanol–water partition coefficient (Wildman–Crippen LogP) is 4.00. The largest absolute Gasteiger partial charge is 0.245 e. The van der Waals surface area contributed by atoms with Crippen LogP contribution in [0.5, 0.6) is 0 Å². The van der Waals surface area contributed by atoms with E-state index in [1.807, 2.05) is 0 Å². The molecule has 0 aliphatic heterocycles. The molecule has 1 aliphatic carbocycles. The van der Waals surface area contributed by atoms with Gasteiger partial charge in [0.2, 0.25) is 5.92 Å². The standard InChI is InChI=1S/C10H18F2/c1-10(11,12)8-4-7-9-5-2-3-6-9/h9H,2-8H2,1H3. The molecule has 0 unspecified atom stereocenters. The van der Waals surface area contributed by atoms with E-state index in [0.717, 1.165) is 19.3 Å². The first-order chi connectivity index (χ1) is 5.58. The summed E-state index contributed by atoms with van der Waals surface area (Å²) in [6, 6.07) is 0. The normalized spacial score (nSPS) is 20.2. The van der Waals surface area contributed by atoms with Crippen LogP contribution in [0, 0.1) is 5.92 Å². The molecule has 72 valence electrons. The third-order valence-electron chi connectivity index (χ3n) is 2.70. The van der Waals surface area contributed by atoms with Gasteiger partial charge in [0, 0.05) is 6.42 Å². The highest BCUT2D eigenvalue weighted by Gasteiger charge is 2.22. The van der Waals surface area contributed by atoms with Gasteiger partial charge < -0.3 is 0 Å². The van der Waals surface area contributed by atoms with E-state index in [-0.39, 0.29) is 6.42 Å². The summed E-state index contributed by atoms with van der Waals surface area (Å²) >= 11 is 0. The molecule has 12 heavy (non-hydrogen) atoms. The molecular weight excluding hydrogens is 158 g/mol. The first-order valence-corrected chi connectivity index (χ1v) is 4.96. The second-order valence-electron chi connectivity index (χ2n) is 4.11. The Morgan fingerprint density at radius 2 is 1.83 bits per heavy atom. The summed E-state index contributed by atoms with van der Waals surface area (Å²) in [6.45, 7) is 1.02. The minimum atomic E-state index is -2.45. The molecule has 0 nitrogen and oxygen atoms in total. The molecule has 0 atom stereocenters. The summed E-state index contributed by atoms with van der Waals surface area (Å²) in [5.74, 6) is -1.69. The van der Waals surface area contributed by atoms with Crippen LogP contribution in [0.1, 0.15) is 51.9 Å². The summed E-state index contributed by atoms with van der Waals surface area (Å²) in [7, 11) is 0. The highest BCUT2D eigenvalue weighted by Crippen LogP contribution is 2.30. The Morgan fingerprint density at radius 1 is 1.25 bits per heavy atom. The molecule has 0 heterocycles. The Hall–Kier alpha value is -0.140. The lowest BCUT2D eigenvalue weighted by Crippen LogP contribution is -2.09. The average molecular weight is 176 g/mol. The molecule has 0 spiro atoms. The lowest BCUT2D eigenvalue weighted by atomic mass is 9.99. The highest BCUT2D eigenvalue weighted by atomic mass is 19.3. The average Bonchev–Trinajstić information content (AvgIpc) is 2.36. The van der Waals surface area contributed by atoms with Crippen molar-refractivity contribution in [3.05, 3.63) is 0 Å². The molecule has 0 aromatic rings. The van der Waals surface area contributed by atoms with Gasteiger partial charge in [0.15, 0.2) is 0 Å². The fourth-order valence-electron chi connectivity index (χ4n) is 2.00. The molecule has 0 aromatic heterocycles. The van der Waals surface area contributed by atoms with E-state index in [0.29, 0.717) is 6.42 Å². The van der Waals surface area contributed by atoms with Crippen LogP contribution in [0.3, 0.4) is 0 Å². The lowest BCUT2D eigenvalue weighted by Gasteiger charge is -2.12. The fourth-order valence-corrected chi connectivity index (χ4v) is 2.00. The van der Waals surface area contributed by atoms with Crippen LogP contribution in [0.15, 0.2) is 0 Å². The molecule has 0 N–H and O–H groups in total. The quantitative estimate of drug-likeness (QED) is 0.607. The molecule has 1 rings (SSSR count). The minimum Gasteiger partial charge on any atom is -0.207 e.